The fraction of sp³-hybridized carbons (Fsp3) is 0.632. The Morgan fingerprint density at radius 1 is 1.22 bits per heavy atom. The second kappa shape index (κ2) is 6.62. The van der Waals surface area contributed by atoms with E-state index >= 15 is 0 Å². The van der Waals surface area contributed by atoms with Gasteiger partial charge in [-0.15, -0.1) is 0 Å². The Morgan fingerprint density at radius 2 is 1.91 bits per heavy atom. The normalized spacial score (nSPS) is 26.2. The fourth-order valence-electron chi connectivity index (χ4n) is 3.12. The first-order chi connectivity index (χ1) is 10.9. The second-order valence-electron chi connectivity index (χ2n) is 7.87. The van der Waals surface area contributed by atoms with Crippen molar-refractivity contribution >= 4 is 5.91 Å². The van der Waals surface area contributed by atoms with Crippen LogP contribution in [0, 0.1) is 5.92 Å². The van der Waals surface area contributed by atoms with Gasteiger partial charge in [0.15, 0.2) is 0 Å². The molecular formula is C19H28N2O2. The Bertz CT molecular complexity index is 534. The topological polar surface area (TPSA) is 41.6 Å². The quantitative estimate of drug-likeness (QED) is 0.929. The Hall–Kier alpha value is -1.39. The molecule has 2 fully saturated rings. The largest absolute Gasteiger partial charge is 0.369 e. The standard InChI is InChI=1S/C19H28N2O2/c1-19(2,3)20-16-13-23-17(15-7-5-4-6-8-15)12-21(18(16)22)11-14-9-10-14/h4-8,14,16-17,20H,9-13H2,1-3H3/t16-,17-/m1/s1. The van der Waals surface area contributed by atoms with E-state index in [0.717, 1.165) is 12.1 Å². The molecule has 0 radical (unpaired) electrons. The van der Waals surface area contributed by atoms with Gasteiger partial charge in [0.1, 0.15) is 12.1 Å². The van der Waals surface area contributed by atoms with Crippen molar-refractivity contribution < 1.29 is 9.53 Å². The maximum absolute atomic E-state index is 12.9. The minimum Gasteiger partial charge on any atom is -0.369 e. The van der Waals surface area contributed by atoms with Crippen LogP contribution in [0.25, 0.3) is 0 Å². The zero-order chi connectivity index (χ0) is 16.4. The summed E-state index contributed by atoms with van der Waals surface area (Å²) in [4.78, 5) is 15.0. The van der Waals surface area contributed by atoms with Crippen molar-refractivity contribution in [1.82, 2.24) is 10.2 Å². The Labute approximate surface area is 139 Å². The van der Waals surface area contributed by atoms with Crippen LogP contribution in [0.2, 0.25) is 0 Å². The summed E-state index contributed by atoms with van der Waals surface area (Å²) in [5.41, 5.74) is 1.04. The molecule has 0 aromatic heterocycles. The van der Waals surface area contributed by atoms with Crippen LogP contribution in [0.1, 0.15) is 45.3 Å². The van der Waals surface area contributed by atoms with Crippen LogP contribution in [-0.4, -0.2) is 42.1 Å². The average Bonchev–Trinajstić information content (AvgIpc) is 3.32. The highest BCUT2D eigenvalue weighted by molar-refractivity contribution is 5.82. The van der Waals surface area contributed by atoms with Crippen molar-refractivity contribution in [1.29, 1.82) is 0 Å². The first-order valence-electron chi connectivity index (χ1n) is 8.65. The fourth-order valence-corrected chi connectivity index (χ4v) is 3.12. The maximum atomic E-state index is 12.9. The molecule has 1 N–H and O–H groups in total. The summed E-state index contributed by atoms with van der Waals surface area (Å²) in [6, 6.07) is 9.98. The molecule has 1 aromatic carbocycles. The third-order valence-electron chi connectivity index (χ3n) is 4.41. The molecule has 1 saturated carbocycles. The van der Waals surface area contributed by atoms with Crippen molar-refractivity contribution in [2.24, 2.45) is 5.92 Å². The molecule has 3 rings (SSSR count). The van der Waals surface area contributed by atoms with Gasteiger partial charge < -0.3 is 9.64 Å². The number of carbonyl (C=O) groups is 1. The SMILES string of the molecule is CC(C)(C)N[C@@H]1CO[C@@H](c2ccccc2)CN(CC2CC2)C1=O. The molecule has 1 saturated heterocycles. The van der Waals surface area contributed by atoms with Gasteiger partial charge in [-0.1, -0.05) is 30.3 Å². The lowest BCUT2D eigenvalue weighted by molar-refractivity contribution is -0.133. The number of nitrogens with one attached hydrogen (secondary N) is 1. The minimum absolute atomic E-state index is 0.0364. The van der Waals surface area contributed by atoms with E-state index in [1.807, 2.05) is 23.1 Å². The van der Waals surface area contributed by atoms with Crippen LogP contribution >= 0.6 is 0 Å². The molecule has 0 unspecified atom stereocenters. The molecule has 126 valence electrons. The van der Waals surface area contributed by atoms with Crippen molar-refractivity contribution in [3.8, 4) is 0 Å². The van der Waals surface area contributed by atoms with Crippen LogP contribution in [-0.2, 0) is 9.53 Å². The van der Waals surface area contributed by atoms with Gasteiger partial charge in [0, 0.05) is 12.1 Å². The molecule has 2 aliphatic rings. The molecular weight excluding hydrogens is 288 g/mol. The summed E-state index contributed by atoms with van der Waals surface area (Å²) in [5.74, 6) is 0.869. The molecule has 1 heterocycles. The number of ether oxygens (including phenoxy) is 1. The van der Waals surface area contributed by atoms with E-state index in [2.05, 4.69) is 38.2 Å². The van der Waals surface area contributed by atoms with Crippen LogP contribution in [0.15, 0.2) is 30.3 Å². The van der Waals surface area contributed by atoms with Crippen LogP contribution < -0.4 is 5.32 Å². The van der Waals surface area contributed by atoms with Crippen LogP contribution in [0.4, 0.5) is 0 Å². The smallest absolute Gasteiger partial charge is 0.242 e. The van der Waals surface area contributed by atoms with Crippen molar-refractivity contribution in [3.05, 3.63) is 35.9 Å². The minimum atomic E-state index is -0.262. The number of carbonyl (C=O) groups excluding carboxylic acids is 1. The highest BCUT2D eigenvalue weighted by Crippen LogP contribution is 2.32. The van der Waals surface area contributed by atoms with Crippen molar-refractivity contribution in [3.63, 3.8) is 0 Å². The molecule has 1 amide bonds. The van der Waals surface area contributed by atoms with E-state index in [4.69, 9.17) is 4.74 Å². The average molecular weight is 316 g/mol. The molecule has 1 aliphatic carbocycles. The molecule has 1 aromatic rings. The van der Waals surface area contributed by atoms with E-state index in [9.17, 15) is 4.79 Å². The maximum Gasteiger partial charge on any atom is 0.242 e. The first-order valence-corrected chi connectivity index (χ1v) is 8.65. The number of amides is 1. The number of hydrogen-bond acceptors (Lipinski definition) is 3. The summed E-state index contributed by atoms with van der Waals surface area (Å²) in [6.45, 7) is 8.22. The third kappa shape index (κ3) is 4.55. The van der Waals surface area contributed by atoms with E-state index in [0.29, 0.717) is 19.1 Å². The van der Waals surface area contributed by atoms with Gasteiger partial charge in [0.2, 0.25) is 5.91 Å². The Balaban J connectivity index is 1.78. The molecule has 4 nitrogen and oxygen atoms in total. The summed E-state index contributed by atoms with van der Waals surface area (Å²) in [5, 5.41) is 3.43. The highest BCUT2D eigenvalue weighted by Gasteiger charge is 2.36. The summed E-state index contributed by atoms with van der Waals surface area (Å²) in [7, 11) is 0. The highest BCUT2D eigenvalue weighted by atomic mass is 16.5. The second-order valence-corrected chi connectivity index (χ2v) is 7.87. The van der Waals surface area contributed by atoms with Gasteiger partial charge in [-0.05, 0) is 45.1 Å². The monoisotopic (exact) mass is 316 g/mol. The van der Waals surface area contributed by atoms with Gasteiger partial charge in [0.25, 0.3) is 0 Å². The predicted octanol–water partition coefficient (Wildman–Crippen LogP) is 2.75. The van der Waals surface area contributed by atoms with E-state index in [1.54, 1.807) is 0 Å². The van der Waals surface area contributed by atoms with Gasteiger partial charge in [0.05, 0.1) is 13.2 Å². The van der Waals surface area contributed by atoms with Gasteiger partial charge in [-0.2, -0.15) is 0 Å². The van der Waals surface area contributed by atoms with E-state index < -0.39 is 0 Å². The van der Waals surface area contributed by atoms with Crippen molar-refractivity contribution in [2.75, 3.05) is 19.7 Å². The van der Waals surface area contributed by atoms with Crippen molar-refractivity contribution in [2.45, 2.75) is 51.3 Å². The molecule has 23 heavy (non-hydrogen) atoms. The van der Waals surface area contributed by atoms with Crippen LogP contribution in [0.3, 0.4) is 0 Å². The molecule has 1 aliphatic heterocycles. The Morgan fingerprint density at radius 3 is 2.52 bits per heavy atom. The van der Waals surface area contributed by atoms with E-state index in [-0.39, 0.29) is 23.6 Å². The van der Waals surface area contributed by atoms with Gasteiger partial charge in [-0.3, -0.25) is 10.1 Å². The number of nitrogens with zero attached hydrogens (tertiary/aromatic N) is 1. The molecule has 0 bridgehead atoms. The number of rotatable bonds is 4. The lowest BCUT2D eigenvalue weighted by Crippen LogP contribution is -2.53. The number of benzene rings is 1. The number of hydrogen-bond donors (Lipinski definition) is 1. The third-order valence-corrected chi connectivity index (χ3v) is 4.41. The first kappa shape index (κ1) is 16.5. The zero-order valence-corrected chi connectivity index (χ0v) is 14.4. The molecule has 2 atom stereocenters. The lowest BCUT2D eigenvalue weighted by Gasteiger charge is -2.29. The van der Waals surface area contributed by atoms with E-state index in [1.165, 1.54) is 12.8 Å². The summed E-state index contributed by atoms with van der Waals surface area (Å²) < 4.78 is 6.13. The van der Waals surface area contributed by atoms with Gasteiger partial charge >= 0.3 is 0 Å². The van der Waals surface area contributed by atoms with Gasteiger partial charge in [-0.25, -0.2) is 0 Å². The summed E-state index contributed by atoms with van der Waals surface area (Å²) >= 11 is 0. The lowest BCUT2D eigenvalue weighted by atomic mass is 10.1. The zero-order valence-electron chi connectivity index (χ0n) is 14.4. The summed E-state index contributed by atoms with van der Waals surface area (Å²) in [6.07, 6.45) is 2.46. The van der Waals surface area contributed by atoms with Crippen LogP contribution in [0.5, 0.6) is 0 Å². The molecule has 0 spiro atoms. The predicted molar refractivity (Wildman–Crippen MR) is 91.1 cm³/mol. The Kier molecular flexibility index (Phi) is 4.74. The molecule has 4 heteroatoms.